The Morgan fingerprint density at radius 1 is 1.10 bits per heavy atom. The second kappa shape index (κ2) is 6.33. The molecule has 1 aromatic heterocycles. The number of aromatic nitrogens is 1. The number of halogens is 2. The Hall–Kier alpha value is -1.78. The van der Waals surface area contributed by atoms with E-state index in [-0.39, 0.29) is 0 Å². The van der Waals surface area contributed by atoms with Crippen molar-refractivity contribution in [2.24, 2.45) is 0 Å². The van der Waals surface area contributed by atoms with E-state index in [0.29, 0.717) is 17.5 Å². The van der Waals surface area contributed by atoms with Gasteiger partial charge in [0, 0.05) is 20.7 Å². The van der Waals surface area contributed by atoms with Gasteiger partial charge in [-0.15, -0.1) is 0 Å². The molecular formula is C16H12BrClN2O. The highest BCUT2D eigenvalue weighted by atomic mass is 79.9. The zero-order chi connectivity index (χ0) is 14.7. The number of anilines is 1. The first-order valence-electron chi connectivity index (χ1n) is 6.41. The summed E-state index contributed by atoms with van der Waals surface area (Å²) in [7, 11) is 0. The SMILES string of the molecule is Clc1ccc(-c2cnc(CNc3ccccc3Br)o2)cc1. The molecule has 0 spiro atoms. The average Bonchev–Trinajstić information content (AvgIpc) is 2.96. The molecule has 0 bridgehead atoms. The predicted molar refractivity (Wildman–Crippen MR) is 88.4 cm³/mol. The molecular weight excluding hydrogens is 352 g/mol. The molecule has 106 valence electrons. The van der Waals surface area contributed by atoms with Crippen molar-refractivity contribution in [3.63, 3.8) is 0 Å². The summed E-state index contributed by atoms with van der Waals surface area (Å²) in [6.45, 7) is 0.524. The van der Waals surface area contributed by atoms with E-state index < -0.39 is 0 Å². The van der Waals surface area contributed by atoms with Crippen LogP contribution in [0.1, 0.15) is 5.89 Å². The van der Waals surface area contributed by atoms with Crippen LogP contribution in [-0.2, 0) is 6.54 Å². The fraction of sp³-hybridized carbons (Fsp3) is 0.0625. The van der Waals surface area contributed by atoms with Gasteiger partial charge in [0.25, 0.3) is 0 Å². The molecule has 0 aliphatic heterocycles. The fourth-order valence-electron chi connectivity index (χ4n) is 1.92. The van der Waals surface area contributed by atoms with Gasteiger partial charge in [0.2, 0.25) is 5.89 Å². The number of oxazole rings is 1. The number of nitrogens with one attached hydrogen (secondary N) is 1. The molecule has 1 N–H and O–H groups in total. The minimum absolute atomic E-state index is 0.524. The predicted octanol–water partition coefficient (Wildman–Crippen LogP) is 5.37. The van der Waals surface area contributed by atoms with Gasteiger partial charge in [0.05, 0.1) is 12.7 Å². The van der Waals surface area contributed by atoms with Crippen molar-refractivity contribution < 1.29 is 4.42 Å². The van der Waals surface area contributed by atoms with Crippen LogP contribution >= 0.6 is 27.5 Å². The number of rotatable bonds is 4. The standard InChI is InChI=1S/C16H12BrClN2O/c17-13-3-1-2-4-14(13)19-10-16-20-9-15(21-16)11-5-7-12(18)8-6-11/h1-9,19H,10H2. The molecule has 3 aromatic rings. The van der Waals surface area contributed by atoms with Crippen LogP contribution in [0.2, 0.25) is 5.02 Å². The number of nitrogens with zero attached hydrogens (tertiary/aromatic N) is 1. The maximum absolute atomic E-state index is 5.88. The first kappa shape index (κ1) is 14.2. The van der Waals surface area contributed by atoms with E-state index in [1.165, 1.54) is 0 Å². The van der Waals surface area contributed by atoms with Crippen LogP contribution < -0.4 is 5.32 Å². The van der Waals surface area contributed by atoms with Crippen LogP contribution in [0.4, 0.5) is 5.69 Å². The zero-order valence-corrected chi connectivity index (χ0v) is 13.4. The third-order valence-corrected chi connectivity index (χ3v) is 3.93. The molecule has 0 aliphatic rings. The minimum atomic E-state index is 0.524. The van der Waals surface area contributed by atoms with E-state index in [1.54, 1.807) is 6.20 Å². The lowest BCUT2D eigenvalue weighted by Crippen LogP contribution is -1.99. The van der Waals surface area contributed by atoms with Crippen molar-refractivity contribution in [3.05, 3.63) is 70.1 Å². The largest absolute Gasteiger partial charge is 0.439 e. The summed E-state index contributed by atoms with van der Waals surface area (Å²) in [5.74, 6) is 1.37. The van der Waals surface area contributed by atoms with Gasteiger partial charge in [0.15, 0.2) is 5.76 Å². The van der Waals surface area contributed by atoms with E-state index in [4.69, 9.17) is 16.0 Å². The van der Waals surface area contributed by atoms with Crippen LogP contribution in [0.15, 0.2) is 63.6 Å². The summed E-state index contributed by atoms with van der Waals surface area (Å²) >= 11 is 9.37. The quantitative estimate of drug-likeness (QED) is 0.677. The Morgan fingerprint density at radius 2 is 1.86 bits per heavy atom. The molecule has 0 fully saturated rings. The van der Waals surface area contributed by atoms with Crippen LogP contribution in [0.3, 0.4) is 0 Å². The molecule has 2 aromatic carbocycles. The number of hydrogen-bond acceptors (Lipinski definition) is 3. The smallest absolute Gasteiger partial charge is 0.214 e. The minimum Gasteiger partial charge on any atom is -0.439 e. The topological polar surface area (TPSA) is 38.1 Å². The molecule has 3 nitrogen and oxygen atoms in total. The van der Waals surface area contributed by atoms with Crippen molar-refractivity contribution in [3.8, 4) is 11.3 Å². The van der Waals surface area contributed by atoms with E-state index >= 15 is 0 Å². The third kappa shape index (κ3) is 3.46. The molecule has 0 atom stereocenters. The highest BCUT2D eigenvalue weighted by Crippen LogP contribution is 2.24. The van der Waals surface area contributed by atoms with Crippen molar-refractivity contribution in [2.75, 3.05) is 5.32 Å². The molecule has 21 heavy (non-hydrogen) atoms. The molecule has 0 radical (unpaired) electrons. The van der Waals surface area contributed by atoms with Gasteiger partial charge in [0.1, 0.15) is 0 Å². The Kier molecular flexibility index (Phi) is 4.27. The lowest BCUT2D eigenvalue weighted by atomic mass is 10.2. The number of benzene rings is 2. The summed E-state index contributed by atoms with van der Waals surface area (Å²) in [4.78, 5) is 4.28. The molecule has 5 heteroatoms. The van der Waals surface area contributed by atoms with Gasteiger partial charge in [-0.2, -0.15) is 0 Å². The highest BCUT2D eigenvalue weighted by molar-refractivity contribution is 9.10. The number of hydrogen-bond donors (Lipinski definition) is 1. The van der Waals surface area contributed by atoms with Gasteiger partial charge in [-0.25, -0.2) is 4.98 Å². The van der Waals surface area contributed by atoms with Crippen LogP contribution in [0.25, 0.3) is 11.3 Å². The molecule has 3 rings (SSSR count). The van der Waals surface area contributed by atoms with Gasteiger partial charge in [-0.3, -0.25) is 0 Å². The van der Waals surface area contributed by atoms with E-state index in [9.17, 15) is 0 Å². The molecule has 0 unspecified atom stereocenters. The summed E-state index contributed by atoms with van der Waals surface area (Å²) in [6.07, 6.45) is 1.72. The highest BCUT2D eigenvalue weighted by Gasteiger charge is 2.07. The first-order valence-corrected chi connectivity index (χ1v) is 7.58. The van der Waals surface area contributed by atoms with Crippen molar-refractivity contribution in [1.82, 2.24) is 4.98 Å². The molecule has 0 saturated carbocycles. The lowest BCUT2D eigenvalue weighted by molar-refractivity contribution is 0.516. The second-order valence-corrected chi connectivity index (χ2v) is 5.75. The van der Waals surface area contributed by atoms with Gasteiger partial charge >= 0.3 is 0 Å². The normalized spacial score (nSPS) is 10.6. The lowest BCUT2D eigenvalue weighted by Gasteiger charge is -2.05. The summed E-state index contributed by atoms with van der Waals surface area (Å²) in [5.41, 5.74) is 1.96. The van der Waals surface area contributed by atoms with Gasteiger partial charge < -0.3 is 9.73 Å². The van der Waals surface area contributed by atoms with E-state index in [0.717, 1.165) is 21.5 Å². The van der Waals surface area contributed by atoms with Crippen molar-refractivity contribution in [1.29, 1.82) is 0 Å². The molecule has 0 saturated heterocycles. The van der Waals surface area contributed by atoms with Crippen molar-refractivity contribution in [2.45, 2.75) is 6.54 Å². The van der Waals surface area contributed by atoms with Gasteiger partial charge in [-0.1, -0.05) is 23.7 Å². The first-order chi connectivity index (χ1) is 10.2. The van der Waals surface area contributed by atoms with Crippen molar-refractivity contribution >= 4 is 33.2 Å². The monoisotopic (exact) mass is 362 g/mol. The molecule has 1 heterocycles. The molecule has 0 aliphatic carbocycles. The summed E-state index contributed by atoms with van der Waals surface area (Å²) in [5, 5.41) is 3.98. The maximum Gasteiger partial charge on any atom is 0.214 e. The summed E-state index contributed by atoms with van der Waals surface area (Å²) in [6, 6.07) is 15.4. The Bertz CT molecular complexity index is 740. The molecule has 0 amide bonds. The zero-order valence-electron chi connectivity index (χ0n) is 11.0. The van der Waals surface area contributed by atoms with Crippen LogP contribution in [-0.4, -0.2) is 4.98 Å². The Balaban J connectivity index is 1.71. The second-order valence-electron chi connectivity index (χ2n) is 4.46. The maximum atomic E-state index is 5.88. The van der Waals surface area contributed by atoms with E-state index in [1.807, 2.05) is 48.5 Å². The van der Waals surface area contributed by atoms with Crippen LogP contribution in [0.5, 0.6) is 0 Å². The fourth-order valence-corrected chi connectivity index (χ4v) is 2.47. The number of para-hydroxylation sites is 1. The average molecular weight is 364 g/mol. The van der Waals surface area contributed by atoms with Gasteiger partial charge in [-0.05, 0) is 52.3 Å². The Morgan fingerprint density at radius 3 is 2.62 bits per heavy atom. The Labute approximate surface area is 136 Å². The van der Waals surface area contributed by atoms with Crippen LogP contribution in [0, 0.1) is 0 Å². The summed E-state index contributed by atoms with van der Waals surface area (Å²) < 4.78 is 6.75. The van der Waals surface area contributed by atoms with E-state index in [2.05, 4.69) is 26.2 Å². The third-order valence-electron chi connectivity index (χ3n) is 2.99.